The molecule has 3 heteroatoms. The van der Waals surface area contributed by atoms with E-state index in [2.05, 4.69) is 72.1 Å². The number of halogens is 1. The minimum atomic E-state index is 0.913. The number of hydrogen-bond donors (Lipinski definition) is 1. The van der Waals surface area contributed by atoms with Gasteiger partial charge in [0.2, 0.25) is 0 Å². The molecule has 0 aliphatic carbocycles. The number of para-hydroxylation sites is 1. The standard InChI is InChI=1S/C13H14INS/c1-9-7-11(10(2)16-9)8-15-13-6-4-3-5-12(13)14/h3-7,15H,8H2,1-2H3. The molecule has 16 heavy (non-hydrogen) atoms. The van der Waals surface area contributed by atoms with Crippen LogP contribution in [-0.4, -0.2) is 0 Å². The van der Waals surface area contributed by atoms with Gasteiger partial charge in [0, 0.05) is 25.6 Å². The zero-order valence-electron chi connectivity index (χ0n) is 9.38. The summed E-state index contributed by atoms with van der Waals surface area (Å²) in [6.07, 6.45) is 0. The van der Waals surface area contributed by atoms with Gasteiger partial charge in [-0.05, 0) is 60.2 Å². The van der Waals surface area contributed by atoms with Crippen molar-refractivity contribution in [3.8, 4) is 0 Å². The molecule has 0 fully saturated rings. The van der Waals surface area contributed by atoms with Crippen LogP contribution in [0.1, 0.15) is 15.3 Å². The lowest BCUT2D eigenvalue weighted by Crippen LogP contribution is -2.00. The van der Waals surface area contributed by atoms with Gasteiger partial charge in [-0.1, -0.05) is 12.1 Å². The van der Waals surface area contributed by atoms with Gasteiger partial charge in [0.15, 0.2) is 0 Å². The molecular weight excluding hydrogens is 329 g/mol. The van der Waals surface area contributed by atoms with Gasteiger partial charge in [0.05, 0.1) is 0 Å². The second kappa shape index (κ2) is 5.19. The molecule has 2 aromatic rings. The van der Waals surface area contributed by atoms with Crippen molar-refractivity contribution in [3.05, 3.63) is 49.2 Å². The number of anilines is 1. The predicted molar refractivity (Wildman–Crippen MR) is 80.3 cm³/mol. The molecule has 1 aromatic carbocycles. The normalized spacial score (nSPS) is 10.4. The molecule has 84 valence electrons. The van der Waals surface area contributed by atoms with Crippen molar-refractivity contribution in [3.63, 3.8) is 0 Å². The lowest BCUT2D eigenvalue weighted by molar-refractivity contribution is 1.14. The molecule has 0 amide bonds. The fourth-order valence-electron chi connectivity index (χ4n) is 1.65. The molecule has 1 N–H and O–H groups in total. The Morgan fingerprint density at radius 1 is 1.25 bits per heavy atom. The first-order valence-corrected chi connectivity index (χ1v) is 7.10. The quantitative estimate of drug-likeness (QED) is 0.805. The van der Waals surface area contributed by atoms with Gasteiger partial charge in [0.1, 0.15) is 0 Å². The van der Waals surface area contributed by atoms with E-state index in [1.54, 1.807) is 0 Å². The molecular formula is C13H14INS. The summed E-state index contributed by atoms with van der Waals surface area (Å²) < 4.78 is 1.27. The summed E-state index contributed by atoms with van der Waals surface area (Å²) in [5.74, 6) is 0. The molecule has 1 heterocycles. The molecule has 2 rings (SSSR count). The summed E-state index contributed by atoms with van der Waals surface area (Å²) >= 11 is 4.22. The molecule has 0 saturated carbocycles. The molecule has 0 aliphatic heterocycles. The van der Waals surface area contributed by atoms with Crippen molar-refractivity contribution in [1.82, 2.24) is 0 Å². The lowest BCUT2D eigenvalue weighted by Gasteiger charge is -2.07. The molecule has 1 nitrogen and oxygen atoms in total. The summed E-state index contributed by atoms with van der Waals surface area (Å²) in [6.45, 7) is 5.26. The van der Waals surface area contributed by atoms with Crippen molar-refractivity contribution < 1.29 is 0 Å². The van der Waals surface area contributed by atoms with Crippen LogP contribution in [0.25, 0.3) is 0 Å². The second-order valence-corrected chi connectivity index (χ2v) is 6.39. The minimum absolute atomic E-state index is 0.913. The fraction of sp³-hybridized carbons (Fsp3) is 0.231. The Morgan fingerprint density at radius 3 is 2.62 bits per heavy atom. The maximum Gasteiger partial charge on any atom is 0.0478 e. The fourth-order valence-corrected chi connectivity index (χ4v) is 3.18. The smallest absolute Gasteiger partial charge is 0.0478 e. The van der Waals surface area contributed by atoms with Crippen molar-refractivity contribution in [1.29, 1.82) is 0 Å². The Labute approximate surface area is 114 Å². The maximum absolute atomic E-state index is 3.48. The third-order valence-electron chi connectivity index (χ3n) is 2.49. The first kappa shape index (κ1) is 11.9. The van der Waals surface area contributed by atoms with Gasteiger partial charge >= 0.3 is 0 Å². The van der Waals surface area contributed by atoms with Crippen molar-refractivity contribution in [2.75, 3.05) is 5.32 Å². The lowest BCUT2D eigenvalue weighted by atomic mass is 10.2. The van der Waals surface area contributed by atoms with E-state index < -0.39 is 0 Å². The predicted octanol–water partition coefficient (Wildman–Crippen LogP) is 4.58. The summed E-state index contributed by atoms with van der Waals surface area (Å²) in [7, 11) is 0. The third-order valence-corrected chi connectivity index (χ3v) is 4.44. The molecule has 0 bridgehead atoms. The van der Waals surface area contributed by atoms with Crippen molar-refractivity contribution in [2.24, 2.45) is 0 Å². The van der Waals surface area contributed by atoms with E-state index in [1.165, 1.54) is 24.6 Å². The van der Waals surface area contributed by atoms with Crippen LogP contribution in [0.15, 0.2) is 30.3 Å². The molecule has 0 radical (unpaired) electrons. The van der Waals surface area contributed by atoms with Crippen LogP contribution in [0, 0.1) is 17.4 Å². The number of nitrogens with one attached hydrogen (secondary N) is 1. The van der Waals surface area contributed by atoms with E-state index in [1.807, 2.05) is 11.3 Å². The number of rotatable bonds is 3. The van der Waals surface area contributed by atoms with E-state index in [0.717, 1.165) is 6.54 Å². The van der Waals surface area contributed by atoms with E-state index >= 15 is 0 Å². The Balaban J connectivity index is 2.08. The van der Waals surface area contributed by atoms with E-state index in [-0.39, 0.29) is 0 Å². The third kappa shape index (κ3) is 2.77. The van der Waals surface area contributed by atoms with Gasteiger partial charge in [-0.3, -0.25) is 0 Å². The Morgan fingerprint density at radius 2 is 2.00 bits per heavy atom. The zero-order valence-corrected chi connectivity index (χ0v) is 12.4. The average Bonchev–Trinajstić information content (AvgIpc) is 2.56. The van der Waals surface area contributed by atoms with Gasteiger partial charge in [-0.15, -0.1) is 11.3 Å². The Kier molecular flexibility index (Phi) is 3.86. The van der Waals surface area contributed by atoms with Gasteiger partial charge in [-0.25, -0.2) is 0 Å². The van der Waals surface area contributed by atoms with Crippen molar-refractivity contribution >= 4 is 39.6 Å². The number of benzene rings is 1. The van der Waals surface area contributed by atoms with Gasteiger partial charge < -0.3 is 5.32 Å². The van der Waals surface area contributed by atoms with Gasteiger partial charge in [-0.2, -0.15) is 0 Å². The SMILES string of the molecule is Cc1cc(CNc2ccccc2I)c(C)s1. The number of hydrogen-bond acceptors (Lipinski definition) is 2. The molecule has 0 saturated heterocycles. The topological polar surface area (TPSA) is 12.0 Å². The Hall–Kier alpha value is -0.550. The van der Waals surface area contributed by atoms with Crippen LogP contribution in [0.5, 0.6) is 0 Å². The van der Waals surface area contributed by atoms with Crippen LogP contribution in [-0.2, 0) is 6.54 Å². The minimum Gasteiger partial charge on any atom is -0.380 e. The number of aryl methyl sites for hydroxylation is 2. The number of thiophene rings is 1. The highest BCUT2D eigenvalue weighted by Crippen LogP contribution is 2.23. The molecule has 1 aromatic heterocycles. The molecule has 0 unspecified atom stereocenters. The van der Waals surface area contributed by atoms with Crippen molar-refractivity contribution in [2.45, 2.75) is 20.4 Å². The van der Waals surface area contributed by atoms with Crippen LogP contribution in [0.3, 0.4) is 0 Å². The molecule has 0 spiro atoms. The molecule has 0 aliphatic rings. The summed E-state index contributed by atoms with van der Waals surface area (Å²) in [5.41, 5.74) is 2.62. The zero-order chi connectivity index (χ0) is 11.5. The summed E-state index contributed by atoms with van der Waals surface area (Å²) in [5, 5.41) is 3.48. The van der Waals surface area contributed by atoms with Gasteiger partial charge in [0.25, 0.3) is 0 Å². The van der Waals surface area contributed by atoms with E-state index in [0.29, 0.717) is 0 Å². The van der Waals surface area contributed by atoms with Crippen LogP contribution in [0.4, 0.5) is 5.69 Å². The highest BCUT2D eigenvalue weighted by molar-refractivity contribution is 14.1. The van der Waals surface area contributed by atoms with Crippen LogP contribution < -0.4 is 5.32 Å². The molecule has 0 atom stereocenters. The largest absolute Gasteiger partial charge is 0.380 e. The average molecular weight is 343 g/mol. The maximum atomic E-state index is 3.48. The first-order chi connectivity index (χ1) is 7.66. The monoisotopic (exact) mass is 343 g/mol. The van der Waals surface area contributed by atoms with E-state index in [4.69, 9.17) is 0 Å². The highest BCUT2D eigenvalue weighted by atomic mass is 127. The summed E-state index contributed by atoms with van der Waals surface area (Å²) in [6, 6.07) is 10.6. The van der Waals surface area contributed by atoms with Crippen LogP contribution >= 0.6 is 33.9 Å². The highest BCUT2D eigenvalue weighted by Gasteiger charge is 2.03. The van der Waals surface area contributed by atoms with E-state index in [9.17, 15) is 0 Å². The first-order valence-electron chi connectivity index (χ1n) is 5.21. The van der Waals surface area contributed by atoms with Crippen LogP contribution in [0.2, 0.25) is 0 Å². The summed E-state index contributed by atoms with van der Waals surface area (Å²) in [4.78, 5) is 2.80. The second-order valence-electron chi connectivity index (χ2n) is 3.77. The Bertz CT molecular complexity index is 490.